The Labute approximate surface area is 149 Å². The van der Waals surface area contributed by atoms with Gasteiger partial charge in [0.2, 0.25) is 0 Å². The van der Waals surface area contributed by atoms with Crippen molar-refractivity contribution < 1.29 is 13.2 Å². The van der Waals surface area contributed by atoms with E-state index in [9.17, 15) is 13.2 Å². The Hall–Kier alpha value is -1.76. The summed E-state index contributed by atoms with van der Waals surface area (Å²) >= 11 is 12.5. The maximum Gasteiger partial charge on any atom is 0.434 e. The second-order valence-electron chi connectivity index (χ2n) is 4.83. The van der Waals surface area contributed by atoms with Crippen molar-refractivity contribution in [2.45, 2.75) is 6.18 Å². The molecule has 124 valence electrons. The van der Waals surface area contributed by atoms with Crippen molar-refractivity contribution in [3.63, 3.8) is 0 Å². The lowest BCUT2D eigenvalue weighted by molar-refractivity contribution is -0.140. The lowest BCUT2D eigenvalue weighted by atomic mass is 10.1. The smallest absolute Gasteiger partial charge is 0.332 e. The summed E-state index contributed by atoms with van der Waals surface area (Å²) < 4.78 is 39.9. The lowest BCUT2D eigenvalue weighted by Crippen LogP contribution is -2.07. The van der Waals surface area contributed by atoms with Crippen LogP contribution in [0, 0.1) is 0 Å². The summed E-state index contributed by atoms with van der Waals surface area (Å²) in [6, 6.07) is 12.8. The molecule has 0 fully saturated rings. The second kappa shape index (κ2) is 6.63. The number of rotatable bonds is 3. The van der Waals surface area contributed by atoms with E-state index in [-0.39, 0.29) is 10.0 Å². The maximum absolute atomic E-state index is 13.3. The van der Waals surface area contributed by atoms with Crippen molar-refractivity contribution in [3.05, 3.63) is 64.3 Å². The van der Waals surface area contributed by atoms with Crippen molar-refractivity contribution in [2.75, 3.05) is 5.32 Å². The first kappa shape index (κ1) is 17.1. The van der Waals surface area contributed by atoms with Gasteiger partial charge in [0.05, 0.1) is 4.88 Å². The van der Waals surface area contributed by atoms with Crippen LogP contribution in [-0.2, 0) is 6.18 Å². The van der Waals surface area contributed by atoms with Crippen molar-refractivity contribution >= 4 is 45.4 Å². The van der Waals surface area contributed by atoms with Crippen LogP contribution in [0.3, 0.4) is 0 Å². The van der Waals surface area contributed by atoms with Crippen LogP contribution < -0.4 is 5.32 Å². The van der Waals surface area contributed by atoms with Gasteiger partial charge in [-0.15, -0.1) is 0 Å². The fourth-order valence-corrected chi connectivity index (χ4v) is 3.28. The van der Waals surface area contributed by atoms with Crippen LogP contribution in [0.5, 0.6) is 0 Å². The van der Waals surface area contributed by atoms with Crippen LogP contribution in [-0.4, -0.2) is 4.98 Å². The van der Waals surface area contributed by atoms with Gasteiger partial charge in [-0.2, -0.15) is 13.2 Å². The Balaban J connectivity index is 2.00. The molecule has 1 heterocycles. The van der Waals surface area contributed by atoms with Gasteiger partial charge in [0.25, 0.3) is 0 Å². The molecule has 1 aromatic heterocycles. The molecule has 0 spiro atoms. The Morgan fingerprint density at radius 2 is 1.42 bits per heavy atom. The summed E-state index contributed by atoms with van der Waals surface area (Å²) in [7, 11) is 0. The minimum Gasteiger partial charge on any atom is -0.332 e. The van der Waals surface area contributed by atoms with Crippen LogP contribution in [0.25, 0.3) is 10.4 Å². The summed E-state index contributed by atoms with van der Waals surface area (Å²) in [5.74, 6) is 0. The molecule has 3 rings (SSSR count). The van der Waals surface area contributed by atoms with Crippen LogP contribution in [0.15, 0.2) is 48.5 Å². The highest BCUT2D eigenvalue weighted by molar-refractivity contribution is 7.19. The van der Waals surface area contributed by atoms with Gasteiger partial charge < -0.3 is 5.32 Å². The molecule has 8 heteroatoms. The van der Waals surface area contributed by atoms with E-state index in [1.165, 1.54) is 12.1 Å². The van der Waals surface area contributed by atoms with Crippen LogP contribution in [0.1, 0.15) is 5.69 Å². The minimum absolute atomic E-state index is 0.0376. The molecule has 0 aliphatic rings. The molecule has 2 aromatic carbocycles. The number of hydrogen-bond acceptors (Lipinski definition) is 3. The van der Waals surface area contributed by atoms with Gasteiger partial charge in [-0.3, -0.25) is 0 Å². The summed E-state index contributed by atoms with van der Waals surface area (Å²) in [5, 5.41) is 4.01. The SMILES string of the molecule is FC(F)(F)c1nc(Nc2ccc(Cl)cc2)sc1-c1ccc(Cl)cc1. The Kier molecular flexibility index (Phi) is 4.71. The van der Waals surface area contributed by atoms with Gasteiger partial charge in [-0.1, -0.05) is 46.7 Å². The molecule has 1 N–H and O–H groups in total. The minimum atomic E-state index is -4.55. The third kappa shape index (κ3) is 3.83. The third-order valence-electron chi connectivity index (χ3n) is 3.10. The summed E-state index contributed by atoms with van der Waals surface area (Å²) in [5.41, 5.74) is 0.0872. The predicted octanol–water partition coefficient (Wildman–Crippen LogP) is 6.88. The molecule has 0 saturated heterocycles. The Morgan fingerprint density at radius 3 is 1.96 bits per heavy atom. The van der Waals surface area contributed by atoms with E-state index in [1.807, 2.05) is 0 Å². The maximum atomic E-state index is 13.3. The molecule has 0 atom stereocenters. The van der Waals surface area contributed by atoms with Crippen molar-refractivity contribution in [2.24, 2.45) is 0 Å². The van der Waals surface area contributed by atoms with E-state index < -0.39 is 11.9 Å². The topological polar surface area (TPSA) is 24.9 Å². The quantitative estimate of drug-likeness (QED) is 0.528. The van der Waals surface area contributed by atoms with Gasteiger partial charge in [0.15, 0.2) is 10.8 Å². The number of hydrogen-bond donors (Lipinski definition) is 1. The number of benzene rings is 2. The number of anilines is 2. The number of nitrogens with zero attached hydrogens (tertiary/aromatic N) is 1. The molecule has 3 aromatic rings. The van der Waals surface area contributed by atoms with Gasteiger partial charge in [-0.25, -0.2) is 4.98 Å². The normalized spacial score (nSPS) is 11.5. The molecule has 0 unspecified atom stereocenters. The summed E-state index contributed by atoms with van der Waals surface area (Å²) in [6.07, 6.45) is -4.55. The van der Waals surface area contributed by atoms with Crippen molar-refractivity contribution in [3.8, 4) is 10.4 Å². The van der Waals surface area contributed by atoms with Gasteiger partial charge in [0, 0.05) is 15.7 Å². The molecule has 0 aliphatic heterocycles. The molecule has 0 aliphatic carbocycles. The Bertz CT molecular complexity index is 843. The number of nitrogens with one attached hydrogen (secondary N) is 1. The molecule has 0 amide bonds. The molecule has 0 bridgehead atoms. The standard InChI is InChI=1S/C16H9Cl2F3N2S/c17-10-3-1-9(2-4-10)13-14(16(19,20)21)23-15(24-13)22-12-7-5-11(18)6-8-12/h1-8H,(H,22,23). The number of alkyl halides is 3. The lowest BCUT2D eigenvalue weighted by Gasteiger charge is -2.06. The average molecular weight is 389 g/mol. The first-order valence-electron chi connectivity index (χ1n) is 6.69. The molecule has 24 heavy (non-hydrogen) atoms. The summed E-state index contributed by atoms with van der Waals surface area (Å²) in [6.45, 7) is 0. The molecular formula is C16H9Cl2F3N2S. The largest absolute Gasteiger partial charge is 0.434 e. The zero-order valence-electron chi connectivity index (χ0n) is 11.9. The van der Waals surface area contributed by atoms with E-state index in [4.69, 9.17) is 23.2 Å². The summed E-state index contributed by atoms with van der Waals surface area (Å²) in [4.78, 5) is 3.75. The number of thiazole rings is 1. The van der Waals surface area contributed by atoms with Crippen LogP contribution >= 0.6 is 34.5 Å². The van der Waals surface area contributed by atoms with Crippen LogP contribution in [0.4, 0.5) is 24.0 Å². The van der Waals surface area contributed by atoms with Crippen molar-refractivity contribution in [1.29, 1.82) is 0 Å². The van der Waals surface area contributed by atoms with Gasteiger partial charge in [0.1, 0.15) is 0 Å². The van der Waals surface area contributed by atoms with E-state index in [2.05, 4.69) is 10.3 Å². The third-order valence-corrected chi connectivity index (χ3v) is 4.62. The van der Waals surface area contributed by atoms with Crippen LogP contribution in [0.2, 0.25) is 10.0 Å². The molecule has 0 radical (unpaired) electrons. The first-order valence-corrected chi connectivity index (χ1v) is 8.27. The Morgan fingerprint density at radius 1 is 0.875 bits per heavy atom. The average Bonchev–Trinajstić information content (AvgIpc) is 2.94. The first-order chi connectivity index (χ1) is 11.3. The van der Waals surface area contributed by atoms with E-state index in [0.29, 0.717) is 21.3 Å². The molecule has 2 nitrogen and oxygen atoms in total. The second-order valence-corrected chi connectivity index (χ2v) is 6.71. The monoisotopic (exact) mass is 388 g/mol. The zero-order valence-corrected chi connectivity index (χ0v) is 14.2. The predicted molar refractivity (Wildman–Crippen MR) is 92.3 cm³/mol. The van der Waals surface area contributed by atoms with Gasteiger partial charge >= 0.3 is 6.18 Å². The highest BCUT2D eigenvalue weighted by atomic mass is 35.5. The molecule has 0 saturated carbocycles. The zero-order chi connectivity index (χ0) is 17.3. The fourth-order valence-electron chi connectivity index (χ4n) is 2.02. The van der Waals surface area contributed by atoms with Crippen molar-refractivity contribution in [1.82, 2.24) is 4.98 Å². The highest BCUT2D eigenvalue weighted by Gasteiger charge is 2.38. The number of aromatic nitrogens is 1. The fraction of sp³-hybridized carbons (Fsp3) is 0.0625. The van der Waals surface area contributed by atoms with Gasteiger partial charge in [-0.05, 0) is 42.0 Å². The van der Waals surface area contributed by atoms with E-state index >= 15 is 0 Å². The molecular weight excluding hydrogens is 380 g/mol. The highest BCUT2D eigenvalue weighted by Crippen LogP contribution is 2.42. The van der Waals surface area contributed by atoms with E-state index in [0.717, 1.165) is 11.3 Å². The van der Waals surface area contributed by atoms with E-state index in [1.54, 1.807) is 36.4 Å². The number of halogens is 5.